The zero-order valence-electron chi connectivity index (χ0n) is 10.9. The number of hydrogen-bond acceptors (Lipinski definition) is 3. The largest absolute Gasteiger partial charge is 0.383 e. The summed E-state index contributed by atoms with van der Waals surface area (Å²) in [5.41, 5.74) is -1.38. The maximum atomic E-state index is 11.9. The predicted molar refractivity (Wildman–Crippen MR) is 71.0 cm³/mol. The van der Waals surface area contributed by atoms with Gasteiger partial charge >= 0.3 is 0 Å². The minimum atomic E-state index is -0.992. The lowest BCUT2D eigenvalue weighted by Gasteiger charge is -2.26. The first-order chi connectivity index (χ1) is 7.79. The van der Waals surface area contributed by atoms with E-state index in [1.54, 1.807) is 6.92 Å². The number of carbonyl (C=O) groups excluding carboxylic acids is 1. The molecule has 96 valence electrons. The molecule has 1 unspecified atom stereocenters. The lowest BCUT2D eigenvalue weighted by atomic mass is 9.89. The van der Waals surface area contributed by atoms with Crippen molar-refractivity contribution < 1.29 is 9.90 Å². The summed E-state index contributed by atoms with van der Waals surface area (Å²) >= 11 is 1.49. The van der Waals surface area contributed by atoms with Crippen LogP contribution in [0.1, 0.15) is 39.0 Å². The van der Waals surface area contributed by atoms with E-state index in [1.807, 2.05) is 38.3 Å². The van der Waals surface area contributed by atoms with Crippen molar-refractivity contribution in [2.24, 2.45) is 5.41 Å². The Bertz CT molecular complexity index is 369. The maximum absolute atomic E-state index is 11.9. The normalized spacial score (nSPS) is 15.4. The number of rotatable bonds is 5. The summed E-state index contributed by atoms with van der Waals surface area (Å²) in [6, 6.07) is 3.77. The first kappa shape index (κ1) is 14.2. The van der Waals surface area contributed by atoms with Crippen LogP contribution in [0.4, 0.5) is 0 Å². The lowest BCUT2D eigenvalue weighted by molar-refractivity contribution is -0.130. The summed E-state index contributed by atoms with van der Waals surface area (Å²) in [6.07, 6.45) is 0.778. The molecule has 1 aromatic rings. The molecule has 0 saturated heterocycles. The second-order valence-electron chi connectivity index (χ2n) is 5.17. The van der Waals surface area contributed by atoms with Crippen molar-refractivity contribution in [3.05, 3.63) is 22.4 Å². The average Bonchev–Trinajstić information content (AvgIpc) is 2.80. The third kappa shape index (κ3) is 3.54. The van der Waals surface area contributed by atoms with Crippen LogP contribution >= 0.6 is 11.3 Å². The Morgan fingerprint density at radius 2 is 2.12 bits per heavy atom. The Labute approximate surface area is 107 Å². The molecule has 0 aliphatic carbocycles. The maximum Gasteiger partial charge on any atom is 0.225 e. The summed E-state index contributed by atoms with van der Waals surface area (Å²) in [6.45, 7) is 7.76. The summed E-state index contributed by atoms with van der Waals surface area (Å²) in [5, 5.41) is 15.0. The van der Waals surface area contributed by atoms with Gasteiger partial charge in [-0.25, -0.2) is 0 Å². The van der Waals surface area contributed by atoms with Crippen molar-refractivity contribution in [2.75, 3.05) is 6.54 Å². The van der Waals surface area contributed by atoms with Gasteiger partial charge in [0.05, 0.1) is 6.54 Å². The zero-order chi connectivity index (χ0) is 13.1. The Morgan fingerprint density at radius 3 is 2.59 bits per heavy atom. The minimum Gasteiger partial charge on any atom is -0.383 e. The highest BCUT2D eigenvalue weighted by molar-refractivity contribution is 7.10. The van der Waals surface area contributed by atoms with Gasteiger partial charge in [-0.05, 0) is 24.8 Å². The first-order valence-corrected chi connectivity index (χ1v) is 6.72. The van der Waals surface area contributed by atoms with E-state index in [9.17, 15) is 9.90 Å². The summed E-state index contributed by atoms with van der Waals surface area (Å²) in [7, 11) is 0. The van der Waals surface area contributed by atoms with Crippen LogP contribution in [-0.4, -0.2) is 17.6 Å². The minimum absolute atomic E-state index is 0.0168. The van der Waals surface area contributed by atoms with E-state index in [2.05, 4.69) is 5.32 Å². The van der Waals surface area contributed by atoms with Gasteiger partial charge in [-0.2, -0.15) is 0 Å². The van der Waals surface area contributed by atoms with Gasteiger partial charge in [0, 0.05) is 10.3 Å². The van der Waals surface area contributed by atoms with Crippen LogP contribution in [0.25, 0.3) is 0 Å². The molecule has 1 amide bonds. The molecule has 0 bridgehead atoms. The highest BCUT2D eigenvalue weighted by Gasteiger charge is 2.29. The molecular formula is C13H21NO2S. The average molecular weight is 255 g/mol. The van der Waals surface area contributed by atoms with Gasteiger partial charge in [-0.1, -0.05) is 26.8 Å². The lowest BCUT2D eigenvalue weighted by Crippen LogP contribution is -2.43. The summed E-state index contributed by atoms with van der Waals surface area (Å²) < 4.78 is 0. The van der Waals surface area contributed by atoms with Crippen LogP contribution in [0.5, 0.6) is 0 Å². The van der Waals surface area contributed by atoms with E-state index < -0.39 is 5.60 Å². The molecule has 1 aromatic heterocycles. The molecule has 4 heteroatoms. The molecule has 0 saturated carbocycles. The highest BCUT2D eigenvalue weighted by atomic mass is 32.1. The number of thiophene rings is 1. The molecular weight excluding hydrogens is 234 g/mol. The van der Waals surface area contributed by atoms with Gasteiger partial charge in [-0.15, -0.1) is 11.3 Å². The van der Waals surface area contributed by atoms with Crippen LogP contribution in [0.2, 0.25) is 0 Å². The standard InChI is InChI=1S/C13H21NO2S/c1-5-12(2,3)11(15)14-9-13(4,16)10-7-6-8-17-10/h6-8,16H,5,9H2,1-4H3,(H,14,15). The van der Waals surface area contributed by atoms with E-state index in [1.165, 1.54) is 11.3 Å². The quantitative estimate of drug-likeness (QED) is 0.849. The fourth-order valence-electron chi connectivity index (χ4n) is 1.32. The van der Waals surface area contributed by atoms with Crippen molar-refractivity contribution in [3.63, 3.8) is 0 Å². The number of hydrogen-bond donors (Lipinski definition) is 2. The molecule has 0 aromatic carbocycles. The second-order valence-corrected chi connectivity index (χ2v) is 6.12. The fourth-order valence-corrected chi connectivity index (χ4v) is 2.11. The van der Waals surface area contributed by atoms with Crippen LogP contribution in [0, 0.1) is 5.41 Å². The number of carbonyl (C=O) groups is 1. The van der Waals surface area contributed by atoms with Crippen LogP contribution in [0.15, 0.2) is 17.5 Å². The van der Waals surface area contributed by atoms with Gasteiger partial charge in [0.2, 0.25) is 5.91 Å². The van der Waals surface area contributed by atoms with Crippen molar-refractivity contribution >= 4 is 17.2 Å². The van der Waals surface area contributed by atoms with Crippen molar-refractivity contribution in [1.29, 1.82) is 0 Å². The van der Waals surface area contributed by atoms with Crippen LogP contribution < -0.4 is 5.32 Å². The third-order valence-electron chi connectivity index (χ3n) is 3.14. The van der Waals surface area contributed by atoms with Gasteiger partial charge in [-0.3, -0.25) is 4.79 Å². The van der Waals surface area contributed by atoms with Crippen molar-refractivity contribution in [1.82, 2.24) is 5.32 Å². The predicted octanol–water partition coefficient (Wildman–Crippen LogP) is 2.51. The first-order valence-electron chi connectivity index (χ1n) is 5.84. The van der Waals surface area contributed by atoms with E-state index >= 15 is 0 Å². The zero-order valence-corrected chi connectivity index (χ0v) is 11.7. The summed E-state index contributed by atoms with van der Waals surface area (Å²) in [4.78, 5) is 12.8. The van der Waals surface area contributed by atoms with Crippen LogP contribution in [-0.2, 0) is 10.4 Å². The molecule has 0 aliphatic rings. The van der Waals surface area contributed by atoms with Crippen molar-refractivity contribution in [3.8, 4) is 0 Å². The van der Waals surface area contributed by atoms with Crippen LogP contribution in [0.3, 0.4) is 0 Å². The van der Waals surface area contributed by atoms with Gasteiger partial charge in [0.25, 0.3) is 0 Å². The number of amides is 1. The smallest absolute Gasteiger partial charge is 0.225 e. The number of aliphatic hydroxyl groups is 1. The molecule has 0 fully saturated rings. The van der Waals surface area contributed by atoms with Gasteiger partial charge in [0.15, 0.2) is 0 Å². The molecule has 0 radical (unpaired) electrons. The second kappa shape index (κ2) is 5.19. The topological polar surface area (TPSA) is 49.3 Å². The van der Waals surface area contributed by atoms with Crippen molar-refractivity contribution in [2.45, 2.75) is 39.7 Å². The fraction of sp³-hybridized carbons (Fsp3) is 0.615. The Morgan fingerprint density at radius 1 is 1.47 bits per heavy atom. The van der Waals surface area contributed by atoms with E-state index in [0.29, 0.717) is 0 Å². The molecule has 1 rings (SSSR count). The number of nitrogens with one attached hydrogen (secondary N) is 1. The Balaban J connectivity index is 2.60. The third-order valence-corrected chi connectivity index (χ3v) is 4.27. The molecule has 3 nitrogen and oxygen atoms in total. The molecule has 17 heavy (non-hydrogen) atoms. The SMILES string of the molecule is CCC(C)(C)C(=O)NCC(C)(O)c1cccs1. The molecule has 1 heterocycles. The Hall–Kier alpha value is -0.870. The molecule has 0 aliphatic heterocycles. The van der Waals surface area contributed by atoms with Gasteiger partial charge in [0.1, 0.15) is 5.60 Å². The molecule has 1 atom stereocenters. The van der Waals surface area contributed by atoms with E-state index in [0.717, 1.165) is 11.3 Å². The monoisotopic (exact) mass is 255 g/mol. The van der Waals surface area contributed by atoms with E-state index in [-0.39, 0.29) is 17.9 Å². The highest BCUT2D eigenvalue weighted by Crippen LogP contribution is 2.25. The molecule has 2 N–H and O–H groups in total. The summed E-state index contributed by atoms with van der Waals surface area (Å²) in [5.74, 6) is -0.0168. The molecule has 0 spiro atoms. The van der Waals surface area contributed by atoms with E-state index in [4.69, 9.17) is 0 Å². The van der Waals surface area contributed by atoms with Gasteiger partial charge < -0.3 is 10.4 Å². The Kier molecular flexibility index (Phi) is 4.33.